The molecule has 1 aliphatic rings. The zero-order valence-electron chi connectivity index (χ0n) is 20.1. The van der Waals surface area contributed by atoms with Crippen LogP contribution in [0.15, 0.2) is 71.9 Å². The number of aromatic nitrogens is 3. The van der Waals surface area contributed by atoms with Gasteiger partial charge in [-0.1, -0.05) is 25.1 Å². The summed E-state index contributed by atoms with van der Waals surface area (Å²) in [5, 5.41) is 12.7. The fourth-order valence-corrected chi connectivity index (χ4v) is 5.14. The first-order chi connectivity index (χ1) is 17.4. The van der Waals surface area contributed by atoms with Crippen LogP contribution < -0.4 is 15.8 Å². The van der Waals surface area contributed by atoms with Gasteiger partial charge in [-0.05, 0) is 62.3 Å². The minimum Gasteiger partial charge on any atom is -0.369 e. The third-order valence-electron chi connectivity index (χ3n) is 6.55. The second-order valence-electron chi connectivity index (χ2n) is 8.87. The fraction of sp³-hybridized carbons (Fsp3) is 0.269. The van der Waals surface area contributed by atoms with Gasteiger partial charge < -0.3 is 10.6 Å². The Hall–Kier alpha value is -3.60. The van der Waals surface area contributed by atoms with E-state index in [9.17, 15) is 8.42 Å². The fourth-order valence-electron chi connectivity index (χ4n) is 4.63. The Morgan fingerprint density at radius 2 is 1.89 bits per heavy atom. The molecular weight excluding hydrogens is 474 g/mol. The molecule has 1 aliphatic heterocycles. The zero-order chi connectivity index (χ0) is 25.1. The summed E-state index contributed by atoms with van der Waals surface area (Å²) in [6.45, 7) is 5.37. The van der Waals surface area contributed by atoms with E-state index in [1.54, 1.807) is 18.3 Å². The van der Waals surface area contributed by atoms with Crippen molar-refractivity contribution < 1.29 is 8.42 Å². The number of likely N-dealkylation sites (tertiary alicyclic amines) is 1. The van der Waals surface area contributed by atoms with Gasteiger partial charge in [0, 0.05) is 47.2 Å². The number of hydrogen-bond donors (Lipinski definition) is 3. The molecule has 36 heavy (non-hydrogen) atoms. The molecule has 0 spiro atoms. The molecule has 0 bridgehead atoms. The van der Waals surface area contributed by atoms with E-state index in [0.29, 0.717) is 17.7 Å². The number of benzene rings is 2. The van der Waals surface area contributed by atoms with Crippen molar-refractivity contribution in [2.45, 2.75) is 30.7 Å². The lowest BCUT2D eigenvalue weighted by atomic mass is 10.0. The molecule has 0 amide bonds. The van der Waals surface area contributed by atoms with Crippen molar-refractivity contribution in [3.05, 3.63) is 67.0 Å². The highest BCUT2D eigenvalue weighted by Crippen LogP contribution is 2.28. The van der Waals surface area contributed by atoms with E-state index in [2.05, 4.69) is 38.5 Å². The number of pyridine rings is 1. The van der Waals surface area contributed by atoms with E-state index in [0.717, 1.165) is 40.9 Å². The Kier molecular flexibility index (Phi) is 6.82. The minimum absolute atomic E-state index is 0.0473. The summed E-state index contributed by atoms with van der Waals surface area (Å²) in [7, 11) is -3.74. The van der Waals surface area contributed by atoms with Crippen LogP contribution in [0.25, 0.3) is 22.0 Å². The van der Waals surface area contributed by atoms with E-state index >= 15 is 0 Å². The number of nitrogens with two attached hydrogens (primary N) is 1. The SMILES string of the molecule is CCN1CCC[C@H]1CNc1ccc(-c2cccc3cnc(Nc4ccc(S(N)(=O)=O)cc4)nc23)cn1. The molecule has 1 saturated heterocycles. The number of nitrogens with one attached hydrogen (secondary N) is 2. The van der Waals surface area contributed by atoms with Crippen LogP contribution in [0.5, 0.6) is 0 Å². The summed E-state index contributed by atoms with van der Waals surface area (Å²) >= 11 is 0. The van der Waals surface area contributed by atoms with Gasteiger partial charge >= 0.3 is 0 Å². The topological polar surface area (TPSA) is 126 Å². The summed E-state index contributed by atoms with van der Waals surface area (Å²) in [6.07, 6.45) is 6.11. The molecule has 0 unspecified atom stereocenters. The quantitative estimate of drug-likeness (QED) is 0.330. The van der Waals surface area contributed by atoms with Gasteiger partial charge in [0.15, 0.2) is 0 Å². The molecule has 0 saturated carbocycles. The molecule has 186 valence electrons. The van der Waals surface area contributed by atoms with Gasteiger partial charge in [-0.2, -0.15) is 0 Å². The van der Waals surface area contributed by atoms with Crippen LogP contribution in [0.3, 0.4) is 0 Å². The number of likely N-dealkylation sites (N-methyl/N-ethyl adjacent to an activating group) is 1. The first-order valence-electron chi connectivity index (χ1n) is 12.0. The van der Waals surface area contributed by atoms with E-state index in [-0.39, 0.29) is 4.90 Å². The number of anilines is 3. The van der Waals surface area contributed by atoms with Gasteiger partial charge in [0.1, 0.15) is 5.82 Å². The highest BCUT2D eigenvalue weighted by Gasteiger charge is 2.22. The molecule has 1 fully saturated rings. The van der Waals surface area contributed by atoms with Crippen molar-refractivity contribution in [1.29, 1.82) is 0 Å². The molecule has 0 radical (unpaired) electrons. The highest BCUT2D eigenvalue weighted by molar-refractivity contribution is 7.89. The van der Waals surface area contributed by atoms with Gasteiger partial charge in [-0.15, -0.1) is 0 Å². The van der Waals surface area contributed by atoms with Crippen molar-refractivity contribution in [3.8, 4) is 11.1 Å². The van der Waals surface area contributed by atoms with E-state index in [4.69, 9.17) is 10.1 Å². The predicted octanol–water partition coefficient (Wildman–Crippen LogP) is 3.98. The average molecular weight is 504 g/mol. The Morgan fingerprint density at radius 3 is 2.61 bits per heavy atom. The van der Waals surface area contributed by atoms with Crippen molar-refractivity contribution in [2.75, 3.05) is 30.3 Å². The maximum absolute atomic E-state index is 11.5. The monoisotopic (exact) mass is 503 g/mol. The average Bonchev–Trinajstić information content (AvgIpc) is 3.35. The van der Waals surface area contributed by atoms with Crippen LogP contribution in [0.2, 0.25) is 0 Å². The number of sulfonamides is 1. The third kappa shape index (κ3) is 5.30. The van der Waals surface area contributed by atoms with Gasteiger partial charge in [0.2, 0.25) is 16.0 Å². The lowest BCUT2D eigenvalue weighted by molar-refractivity contribution is 0.277. The predicted molar refractivity (Wildman–Crippen MR) is 143 cm³/mol. The molecule has 2 aromatic carbocycles. The van der Waals surface area contributed by atoms with Crippen LogP contribution in [-0.2, 0) is 10.0 Å². The number of nitrogens with zero attached hydrogens (tertiary/aromatic N) is 4. The van der Waals surface area contributed by atoms with E-state index in [1.807, 2.05) is 30.5 Å². The summed E-state index contributed by atoms with van der Waals surface area (Å²) in [5.41, 5.74) is 3.36. The molecule has 2 aromatic heterocycles. The van der Waals surface area contributed by atoms with Crippen LogP contribution in [-0.4, -0.2) is 53.9 Å². The standard InChI is InChI=1S/C26H29N7O2S/c1-2-33-14-4-6-21(33)17-29-24-13-8-18(15-28-24)23-7-3-5-19-16-30-26(32-25(19)23)31-20-9-11-22(12-10-20)36(27,34)35/h3,5,7-13,15-16,21H,2,4,6,14,17H2,1H3,(H,28,29)(H2,27,34,35)(H,30,31,32)/t21-/m0/s1. The molecular formula is C26H29N7O2S. The van der Waals surface area contributed by atoms with Crippen LogP contribution >= 0.6 is 0 Å². The Labute approximate surface area is 210 Å². The molecule has 3 heterocycles. The Balaban J connectivity index is 1.34. The smallest absolute Gasteiger partial charge is 0.238 e. The number of rotatable bonds is 8. The van der Waals surface area contributed by atoms with Gasteiger partial charge in [0.25, 0.3) is 0 Å². The molecule has 4 N–H and O–H groups in total. The lowest BCUT2D eigenvalue weighted by Gasteiger charge is -2.23. The molecule has 1 atom stereocenters. The van der Waals surface area contributed by atoms with Gasteiger partial charge in [-0.25, -0.2) is 28.5 Å². The lowest BCUT2D eigenvalue weighted by Crippen LogP contribution is -2.34. The molecule has 10 heteroatoms. The molecule has 4 aromatic rings. The van der Waals surface area contributed by atoms with Gasteiger partial charge in [-0.3, -0.25) is 4.90 Å². The van der Waals surface area contributed by atoms with Crippen molar-refractivity contribution >= 4 is 38.4 Å². The summed E-state index contributed by atoms with van der Waals surface area (Å²) in [6, 6.07) is 16.7. The van der Waals surface area contributed by atoms with Crippen LogP contribution in [0, 0.1) is 0 Å². The summed E-state index contributed by atoms with van der Waals surface area (Å²) in [4.78, 5) is 16.3. The highest BCUT2D eigenvalue weighted by atomic mass is 32.2. The van der Waals surface area contributed by atoms with E-state index in [1.165, 1.54) is 31.5 Å². The largest absolute Gasteiger partial charge is 0.369 e. The van der Waals surface area contributed by atoms with Crippen LogP contribution in [0.4, 0.5) is 17.5 Å². The first-order valence-corrected chi connectivity index (χ1v) is 13.6. The van der Waals surface area contributed by atoms with Crippen molar-refractivity contribution in [1.82, 2.24) is 19.9 Å². The first kappa shape index (κ1) is 24.1. The molecule has 5 rings (SSSR count). The summed E-state index contributed by atoms with van der Waals surface area (Å²) < 4.78 is 23.0. The number of para-hydroxylation sites is 1. The summed E-state index contributed by atoms with van der Waals surface area (Å²) in [5.74, 6) is 1.27. The van der Waals surface area contributed by atoms with Crippen LogP contribution in [0.1, 0.15) is 19.8 Å². The second-order valence-corrected chi connectivity index (χ2v) is 10.4. The third-order valence-corrected chi connectivity index (χ3v) is 7.48. The zero-order valence-corrected chi connectivity index (χ0v) is 20.9. The van der Waals surface area contributed by atoms with E-state index < -0.39 is 10.0 Å². The molecule has 0 aliphatic carbocycles. The Morgan fingerprint density at radius 1 is 1.06 bits per heavy atom. The number of hydrogen-bond acceptors (Lipinski definition) is 8. The number of primary sulfonamides is 1. The maximum Gasteiger partial charge on any atom is 0.238 e. The van der Waals surface area contributed by atoms with Crippen molar-refractivity contribution in [2.24, 2.45) is 5.14 Å². The Bertz CT molecular complexity index is 1460. The minimum atomic E-state index is -3.74. The normalized spacial score (nSPS) is 16.3. The number of fused-ring (bicyclic) bond motifs is 1. The second kappa shape index (κ2) is 10.2. The van der Waals surface area contributed by atoms with Gasteiger partial charge in [0.05, 0.1) is 10.4 Å². The molecule has 9 nitrogen and oxygen atoms in total. The van der Waals surface area contributed by atoms with Crippen molar-refractivity contribution in [3.63, 3.8) is 0 Å². The maximum atomic E-state index is 11.5.